The van der Waals surface area contributed by atoms with E-state index in [1.807, 2.05) is 6.92 Å². The molecule has 1 heterocycles. The summed E-state index contributed by atoms with van der Waals surface area (Å²) >= 11 is 0. The van der Waals surface area contributed by atoms with Crippen molar-refractivity contribution in [2.45, 2.75) is 57.9 Å². The number of amides is 2. The Morgan fingerprint density at radius 1 is 1.44 bits per heavy atom. The predicted octanol–water partition coefficient (Wildman–Crippen LogP) is 2.20. The van der Waals surface area contributed by atoms with Gasteiger partial charge in [-0.05, 0) is 25.2 Å². The van der Waals surface area contributed by atoms with Crippen LogP contribution >= 0.6 is 0 Å². The first-order chi connectivity index (χ1) is 8.46. The molecule has 0 aromatic heterocycles. The molecule has 3 N–H and O–H groups in total. The van der Waals surface area contributed by atoms with Crippen molar-refractivity contribution in [3.05, 3.63) is 0 Å². The van der Waals surface area contributed by atoms with Gasteiger partial charge < -0.3 is 10.8 Å². The van der Waals surface area contributed by atoms with Crippen LogP contribution in [0.15, 0.2) is 0 Å². The monoisotopic (exact) mass is 256 g/mol. The molecule has 2 atom stereocenters. The number of primary amides is 1. The highest BCUT2D eigenvalue weighted by atomic mass is 16.4. The molecule has 0 aromatic rings. The Hall–Kier alpha value is -1.26. The smallest absolute Gasteiger partial charge is 0.408 e. The number of nitrogens with zero attached hydrogens (tertiary/aromatic N) is 1. The van der Waals surface area contributed by atoms with E-state index < -0.39 is 17.5 Å². The van der Waals surface area contributed by atoms with Crippen molar-refractivity contribution in [2.24, 2.45) is 11.7 Å². The van der Waals surface area contributed by atoms with Crippen molar-refractivity contribution < 1.29 is 14.7 Å². The van der Waals surface area contributed by atoms with Gasteiger partial charge in [0.25, 0.3) is 0 Å². The summed E-state index contributed by atoms with van der Waals surface area (Å²) in [6, 6.07) is 0. The van der Waals surface area contributed by atoms with Crippen LogP contribution in [0.4, 0.5) is 4.79 Å². The quantitative estimate of drug-likeness (QED) is 0.714. The number of carboxylic acid groups (broad SMARTS) is 1. The molecular weight excluding hydrogens is 232 g/mol. The minimum atomic E-state index is -1.03. The number of rotatable bonds is 6. The van der Waals surface area contributed by atoms with E-state index in [2.05, 4.69) is 6.92 Å². The van der Waals surface area contributed by atoms with E-state index >= 15 is 0 Å². The molecule has 0 radical (unpaired) electrons. The number of nitrogens with two attached hydrogens (primary N) is 1. The van der Waals surface area contributed by atoms with Gasteiger partial charge in [0.1, 0.15) is 5.54 Å². The SMILES string of the molecule is CCCCCC(C)C1(C(N)=O)CCCN1C(=O)O. The van der Waals surface area contributed by atoms with Crippen molar-refractivity contribution >= 4 is 12.0 Å². The van der Waals surface area contributed by atoms with Crippen LogP contribution in [0.1, 0.15) is 52.4 Å². The Balaban J connectivity index is 2.86. The predicted molar refractivity (Wildman–Crippen MR) is 69.2 cm³/mol. The number of carbonyl (C=O) groups is 2. The molecule has 0 aliphatic carbocycles. The first-order valence-electron chi connectivity index (χ1n) is 6.77. The molecular formula is C13H24N2O3. The van der Waals surface area contributed by atoms with E-state index in [4.69, 9.17) is 5.73 Å². The topological polar surface area (TPSA) is 83.6 Å². The second-order valence-corrected chi connectivity index (χ2v) is 5.22. The summed E-state index contributed by atoms with van der Waals surface area (Å²) in [4.78, 5) is 24.4. The van der Waals surface area contributed by atoms with E-state index in [0.717, 1.165) is 25.7 Å². The lowest BCUT2D eigenvalue weighted by atomic mass is 9.79. The number of hydrogen-bond donors (Lipinski definition) is 2. The van der Waals surface area contributed by atoms with Gasteiger partial charge in [-0.2, -0.15) is 0 Å². The number of carbonyl (C=O) groups excluding carboxylic acids is 1. The molecule has 104 valence electrons. The van der Waals surface area contributed by atoms with E-state index in [1.165, 1.54) is 4.90 Å². The Morgan fingerprint density at radius 2 is 2.11 bits per heavy atom. The number of hydrogen-bond acceptors (Lipinski definition) is 2. The summed E-state index contributed by atoms with van der Waals surface area (Å²) < 4.78 is 0. The van der Waals surface area contributed by atoms with Crippen LogP contribution in [0.5, 0.6) is 0 Å². The van der Waals surface area contributed by atoms with Gasteiger partial charge in [-0.1, -0.05) is 33.1 Å². The molecule has 1 fully saturated rings. The maximum atomic E-state index is 11.8. The largest absolute Gasteiger partial charge is 0.465 e. The standard InChI is InChI=1S/C13H24N2O3/c1-3-4-5-7-10(2)13(11(14)16)8-6-9-15(13)12(17)18/h10H,3-9H2,1-2H3,(H2,14,16)(H,17,18). The molecule has 1 saturated heterocycles. The third kappa shape index (κ3) is 2.60. The normalized spacial score (nSPS) is 25.1. The highest BCUT2D eigenvalue weighted by Crippen LogP contribution is 2.38. The van der Waals surface area contributed by atoms with E-state index in [9.17, 15) is 14.7 Å². The first kappa shape index (κ1) is 14.8. The second kappa shape index (κ2) is 6.07. The summed E-state index contributed by atoms with van der Waals surface area (Å²) in [6.45, 7) is 4.48. The van der Waals surface area contributed by atoms with Crippen LogP contribution in [-0.4, -0.2) is 34.1 Å². The lowest BCUT2D eigenvalue weighted by Crippen LogP contribution is -2.59. The lowest BCUT2D eigenvalue weighted by molar-refractivity contribution is -0.130. The van der Waals surface area contributed by atoms with Crippen LogP contribution in [0, 0.1) is 5.92 Å². The Labute approximate surface area is 108 Å². The van der Waals surface area contributed by atoms with Crippen molar-refractivity contribution in [3.8, 4) is 0 Å². The Kier molecular flexibility index (Phi) is 4.99. The minimum Gasteiger partial charge on any atom is -0.465 e. The molecule has 1 rings (SSSR count). The van der Waals surface area contributed by atoms with Crippen molar-refractivity contribution in [3.63, 3.8) is 0 Å². The molecule has 2 amide bonds. The molecule has 5 nitrogen and oxygen atoms in total. The summed E-state index contributed by atoms with van der Waals surface area (Å²) in [5, 5.41) is 9.24. The average molecular weight is 256 g/mol. The van der Waals surface area contributed by atoms with Gasteiger partial charge in [0, 0.05) is 6.54 Å². The van der Waals surface area contributed by atoms with Crippen LogP contribution in [0.3, 0.4) is 0 Å². The summed E-state index contributed by atoms with van der Waals surface area (Å²) in [5.41, 5.74) is 4.54. The molecule has 5 heteroatoms. The first-order valence-corrected chi connectivity index (χ1v) is 6.77. The summed E-state index contributed by atoms with van der Waals surface area (Å²) in [5.74, 6) is -0.508. The minimum absolute atomic E-state index is 0.0138. The lowest BCUT2D eigenvalue weighted by Gasteiger charge is -2.39. The highest BCUT2D eigenvalue weighted by Gasteiger charge is 2.52. The molecule has 18 heavy (non-hydrogen) atoms. The van der Waals surface area contributed by atoms with E-state index in [1.54, 1.807) is 0 Å². The van der Waals surface area contributed by atoms with E-state index in [-0.39, 0.29) is 5.92 Å². The average Bonchev–Trinajstić information content (AvgIpc) is 2.74. The molecule has 1 aliphatic heterocycles. The fourth-order valence-corrected chi connectivity index (χ4v) is 3.06. The van der Waals surface area contributed by atoms with Gasteiger partial charge in [-0.15, -0.1) is 0 Å². The van der Waals surface area contributed by atoms with Crippen molar-refractivity contribution in [2.75, 3.05) is 6.54 Å². The van der Waals surface area contributed by atoms with Crippen molar-refractivity contribution in [1.29, 1.82) is 0 Å². The van der Waals surface area contributed by atoms with Crippen LogP contribution in [-0.2, 0) is 4.79 Å². The van der Waals surface area contributed by atoms with Gasteiger partial charge in [-0.3, -0.25) is 9.69 Å². The van der Waals surface area contributed by atoms with Gasteiger partial charge >= 0.3 is 6.09 Å². The van der Waals surface area contributed by atoms with Gasteiger partial charge in [0.05, 0.1) is 0 Å². The van der Waals surface area contributed by atoms with Crippen LogP contribution in [0.25, 0.3) is 0 Å². The number of unbranched alkanes of at least 4 members (excludes halogenated alkanes) is 2. The van der Waals surface area contributed by atoms with Crippen LogP contribution in [0.2, 0.25) is 0 Å². The molecule has 2 unspecified atom stereocenters. The molecule has 0 saturated carbocycles. The summed E-state index contributed by atoms with van der Waals surface area (Å²) in [7, 11) is 0. The third-order valence-corrected chi connectivity index (χ3v) is 4.13. The molecule has 1 aliphatic rings. The van der Waals surface area contributed by atoms with Gasteiger partial charge in [-0.25, -0.2) is 4.79 Å². The highest BCUT2D eigenvalue weighted by molar-refractivity contribution is 5.89. The molecule has 0 spiro atoms. The zero-order valence-electron chi connectivity index (χ0n) is 11.3. The maximum Gasteiger partial charge on any atom is 0.408 e. The molecule has 0 aromatic carbocycles. The zero-order valence-corrected chi connectivity index (χ0v) is 11.3. The van der Waals surface area contributed by atoms with Gasteiger partial charge in [0.2, 0.25) is 5.91 Å². The fraction of sp³-hybridized carbons (Fsp3) is 0.846. The Morgan fingerprint density at radius 3 is 2.61 bits per heavy atom. The summed E-state index contributed by atoms with van der Waals surface area (Å²) in [6.07, 6.45) is 4.31. The fourth-order valence-electron chi connectivity index (χ4n) is 3.06. The van der Waals surface area contributed by atoms with Gasteiger partial charge in [0.15, 0.2) is 0 Å². The van der Waals surface area contributed by atoms with E-state index in [0.29, 0.717) is 19.4 Å². The Bertz CT molecular complexity index is 319. The van der Waals surface area contributed by atoms with Crippen molar-refractivity contribution in [1.82, 2.24) is 4.90 Å². The maximum absolute atomic E-state index is 11.8. The second-order valence-electron chi connectivity index (χ2n) is 5.22. The zero-order chi connectivity index (χ0) is 13.8. The molecule has 0 bridgehead atoms. The van der Waals surface area contributed by atoms with Crippen LogP contribution < -0.4 is 5.73 Å². The number of likely N-dealkylation sites (tertiary alicyclic amines) is 1. The third-order valence-electron chi connectivity index (χ3n) is 4.13.